The van der Waals surface area contributed by atoms with Crippen molar-refractivity contribution in [1.29, 1.82) is 0 Å². The number of benzene rings is 1. The predicted octanol–water partition coefficient (Wildman–Crippen LogP) is 2.41. The van der Waals surface area contributed by atoms with E-state index in [0.29, 0.717) is 5.92 Å². The molecule has 3 N–H and O–H groups in total. The first-order valence-corrected chi connectivity index (χ1v) is 7.12. The van der Waals surface area contributed by atoms with Crippen LogP contribution in [-0.4, -0.2) is 19.3 Å². The summed E-state index contributed by atoms with van der Waals surface area (Å²) in [5.41, 5.74) is 8.39. The molecule has 106 valence electrons. The topological polar surface area (TPSA) is 47.3 Å². The van der Waals surface area contributed by atoms with Gasteiger partial charge in [0, 0.05) is 7.11 Å². The number of hydrazine groups is 1. The fourth-order valence-electron chi connectivity index (χ4n) is 3.13. The molecule has 2 rings (SSSR count). The minimum absolute atomic E-state index is 0.192. The van der Waals surface area contributed by atoms with Crippen LogP contribution < -0.4 is 11.3 Å². The van der Waals surface area contributed by atoms with E-state index in [4.69, 9.17) is 10.6 Å². The van der Waals surface area contributed by atoms with E-state index in [0.717, 1.165) is 6.42 Å². The molecule has 19 heavy (non-hydrogen) atoms. The molecule has 1 aromatic rings. The largest absolute Gasteiger partial charge is 0.379 e. The summed E-state index contributed by atoms with van der Waals surface area (Å²) in [6.45, 7) is 6.51. The molecular formula is C16H26N2O. The lowest BCUT2D eigenvalue weighted by Crippen LogP contribution is -2.47. The first-order valence-electron chi connectivity index (χ1n) is 7.12. The van der Waals surface area contributed by atoms with Crippen molar-refractivity contribution in [3.8, 4) is 0 Å². The SMILES string of the molecule is COC(C1CC1)C(Cc1c(C)cc(C)cc1C)NN. The lowest BCUT2D eigenvalue weighted by atomic mass is 9.91. The molecule has 0 aromatic heterocycles. The van der Waals surface area contributed by atoms with Crippen LogP contribution in [-0.2, 0) is 11.2 Å². The van der Waals surface area contributed by atoms with Gasteiger partial charge in [-0.05, 0) is 62.6 Å². The summed E-state index contributed by atoms with van der Waals surface area (Å²) < 4.78 is 5.66. The summed E-state index contributed by atoms with van der Waals surface area (Å²) in [4.78, 5) is 0. The van der Waals surface area contributed by atoms with E-state index >= 15 is 0 Å². The molecule has 0 amide bonds. The lowest BCUT2D eigenvalue weighted by molar-refractivity contribution is 0.0510. The molecule has 3 heteroatoms. The highest BCUT2D eigenvalue weighted by atomic mass is 16.5. The number of ether oxygens (including phenoxy) is 1. The molecule has 0 aliphatic heterocycles. The van der Waals surface area contributed by atoms with Gasteiger partial charge in [-0.15, -0.1) is 0 Å². The number of hydrogen-bond acceptors (Lipinski definition) is 3. The third-order valence-corrected chi connectivity index (χ3v) is 4.23. The Bertz CT molecular complexity index is 417. The van der Waals surface area contributed by atoms with Crippen molar-refractivity contribution < 1.29 is 4.74 Å². The van der Waals surface area contributed by atoms with Gasteiger partial charge >= 0.3 is 0 Å². The highest BCUT2D eigenvalue weighted by Gasteiger charge is 2.36. The van der Waals surface area contributed by atoms with Crippen molar-refractivity contribution in [3.63, 3.8) is 0 Å². The van der Waals surface area contributed by atoms with Crippen LogP contribution in [0.3, 0.4) is 0 Å². The zero-order valence-corrected chi connectivity index (χ0v) is 12.5. The molecule has 0 bridgehead atoms. The lowest BCUT2D eigenvalue weighted by Gasteiger charge is -2.27. The monoisotopic (exact) mass is 262 g/mol. The second-order valence-electron chi connectivity index (χ2n) is 5.89. The average Bonchev–Trinajstić information content (AvgIpc) is 3.16. The van der Waals surface area contributed by atoms with Gasteiger partial charge in [-0.3, -0.25) is 11.3 Å². The maximum Gasteiger partial charge on any atom is 0.0769 e. The maximum absolute atomic E-state index is 5.76. The van der Waals surface area contributed by atoms with Crippen LogP contribution in [0.5, 0.6) is 0 Å². The number of aryl methyl sites for hydroxylation is 3. The summed E-state index contributed by atoms with van der Waals surface area (Å²) in [5.74, 6) is 6.44. The van der Waals surface area contributed by atoms with E-state index in [2.05, 4.69) is 38.3 Å². The number of rotatable bonds is 6. The summed E-state index contributed by atoms with van der Waals surface area (Å²) in [5, 5.41) is 0. The van der Waals surface area contributed by atoms with Gasteiger partial charge < -0.3 is 4.74 Å². The zero-order valence-electron chi connectivity index (χ0n) is 12.5. The number of hydrogen-bond donors (Lipinski definition) is 2. The standard InChI is InChI=1S/C16H26N2O/c1-10-7-11(2)14(12(3)8-10)9-15(18-17)16(19-4)13-5-6-13/h7-8,13,15-16,18H,5-6,9,17H2,1-4H3. The van der Waals surface area contributed by atoms with Gasteiger partial charge in [-0.2, -0.15) is 0 Å². The van der Waals surface area contributed by atoms with Crippen molar-refractivity contribution in [2.24, 2.45) is 11.8 Å². The van der Waals surface area contributed by atoms with Crippen LogP contribution in [0.2, 0.25) is 0 Å². The molecule has 0 radical (unpaired) electrons. The molecule has 0 saturated heterocycles. The van der Waals surface area contributed by atoms with Gasteiger partial charge in [-0.1, -0.05) is 17.7 Å². The van der Waals surface area contributed by atoms with Crippen LogP contribution in [0, 0.1) is 26.7 Å². The molecule has 1 saturated carbocycles. The third-order valence-electron chi connectivity index (χ3n) is 4.23. The summed E-state index contributed by atoms with van der Waals surface area (Å²) in [6, 6.07) is 4.68. The van der Waals surface area contributed by atoms with Crippen LogP contribution >= 0.6 is 0 Å². The van der Waals surface area contributed by atoms with Crippen LogP contribution in [0.25, 0.3) is 0 Å². The van der Waals surface area contributed by atoms with Crippen molar-refractivity contribution in [3.05, 3.63) is 34.4 Å². The fraction of sp³-hybridized carbons (Fsp3) is 0.625. The molecule has 0 spiro atoms. The van der Waals surface area contributed by atoms with Gasteiger partial charge in [0.15, 0.2) is 0 Å². The highest BCUT2D eigenvalue weighted by Crippen LogP contribution is 2.36. The van der Waals surface area contributed by atoms with Gasteiger partial charge in [0.2, 0.25) is 0 Å². The van der Waals surface area contributed by atoms with Gasteiger partial charge in [-0.25, -0.2) is 0 Å². The van der Waals surface area contributed by atoms with E-state index in [9.17, 15) is 0 Å². The molecule has 1 fully saturated rings. The van der Waals surface area contributed by atoms with Crippen LogP contribution in [0.15, 0.2) is 12.1 Å². The first-order chi connectivity index (χ1) is 9.06. The number of nitrogens with one attached hydrogen (secondary N) is 1. The summed E-state index contributed by atoms with van der Waals surface area (Å²) >= 11 is 0. The second kappa shape index (κ2) is 6.04. The third kappa shape index (κ3) is 3.35. The Hall–Kier alpha value is -0.900. The van der Waals surface area contributed by atoms with E-state index in [-0.39, 0.29) is 12.1 Å². The number of methoxy groups -OCH3 is 1. The predicted molar refractivity (Wildman–Crippen MR) is 79.0 cm³/mol. The Labute approximate surface area is 116 Å². The molecule has 3 nitrogen and oxygen atoms in total. The fourth-order valence-corrected chi connectivity index (χ4v) is 3.13. The quantitative estimate of drug-likeness (QED) is 0.611. The van der Waals surface area contributed by atoms with E-state index in [1.165, 1.54) is 35.1 Å². The average molecular weight is 262 g/mol. The van der Waals surface area contributed by atoms with Crippen molar-refractivity contribution >= 4 is 0 Å². The van der Waals surface area contributed by atoms with E-state index in [1.807, 2.05) is 0 Å². The zero-order chi connectivity index (χ0) is 14.0. The van der Waals surface area contributed by atoms with E-state index in [1.54, 1.807) is 7.11 Å². The molecule has 0 heterocycles. The van der Waals surface area contributed by atoms with Gasteiger partial charge in [0.1, 0.15) is 0 Å². The van der Waals surface area contributed by atoms with Gasteiger partial charge in [0.05, 0.1) is 12.1 Å². The van der Waals surface area contributed by atoms with Crippen LogP contribution in [0.1, 0.15) is 35.1 Å². The second-order valence-corrected chi connectivity index (χ2v) is 5.89. The molecule has 1 aromatic carbocycles. The Kier molecular flexibility index (Phi) is 4.61. The molecule has 2 atom stereocenters. The van der Waals surface area contributed by atoms with Crippen molar-refractivity contribution in [2.75, 3.05) is 7.11 Å². The van der Waals surface area contributed by atoms with Crippen molar-refractivity contribution in [1.82, 2.24) is 5.43 Å². The highest BCUT2D eigenvalue weighted by molar-refractivity contribution is 5.38. The van der Waals surface area contributed by atoms with E-state index < -0.39 is 0 Å². The molecule has 1 aliphatic rings. The molecule has 2 unspecified atom stereocenters. The smallest absolute Gasteiger partial charge is 0.0769 e. The normalized spacial score (nSPS) is 18.4. The Morgan fingerprint density at radius 1 is 1.26 bits per heavy atom. The van der Waals surface area contributed by atoms with Crippen molar-refractivity contribution in [2.45, 2.75) is 52.2 Å². The first kappa shape index (κ1) is 14.5. The Balaban J connectivity index is 2.18. The Morgan fingerprint density at radius 3 is 2.26 bits per heavy atom. The summed E-state index contributed by atoms with van der Waals surface area (Å²) in [6.07, 6.45) is 3.69. The number of nitrogens with two attached hydrogens (primary N) is 1. The summed E-state index contributed by atoms with van der Waals surface area (Å²) in [7, 11) is 1.79. The molecule has 1 aliphatic carbocycles. The molecular weight excluding hydrogens is 236 g/mol. The van der Waals surface area contributed by atoms with Gasteiger partial charge in [0.25, 0.3) is 0 Å². The minimum Gasteiger partial charge on any atom is -0.379 e. The minimum atomic E-state index is 0.192. The Morgan fingerprint density at radius 2 is 1.84 bits per heavy atom. The maximum atomic E-state index is 5.76. The van der Waals surface area contributed by atoms with Crippen LogP contribution in [0.4, 0.5) is 0 Å².